The van der Waals surface area contributed by atoms with Gasteiger partial charge in [0, 0.05) is 19.0 Å². The molecule has 2 aliphatic heterocycles. The molecule has 3 unspecified atom stereocenters. The van der Waals surface area contributed by atoms with Gasteiger partial charge in [-0.25, -0.2) is 0 Å². The number of ether oxygens (including phenoxy) is 1. The quantitative estimate of drug-likeness (QED) is 0.769. The van der Waals surface area contributed by atoms with Crippen molar-refractivity contribution in [1.29, 1.82) is 0 Å². The smallest absolute Gasteiger partial charge is 0.118 e. The van der Waals surface area contributed by atoms with Gasteiger partial charge in [0.2, 0.25) is 0 Å². The van der Waals surface area contributed by atoms with Crippen molar-refractivity contribution >= 4 is 0 Å². The lowest BCUT2D eigenvalue weighted by atomic mass is 10.0. The highest BCUT2D eigenvalue weighted by atomic mass is 16.5. The summed E-state index contributed by atoms with van der Waals surface area (Å²) in [4.78, 5) is 2.58. The lowest BCUT2D eigenvalue weighted by Gasteiger charge is -2.31. The molecule has 2 aliphatic rings. The third-order valence-electron chi connectivity index (χ3n) is 3.76. The minimum atomic E-state index is -0.0815. The van der Waals surface area contributed by atoms with Crippen molar-refractivity contribution < 1.29 is 4.74 Å². The largest absolute Gasteiger partial charge is 0.357 e. The Kier molecular flexibility index (Phi) is 3.33. The average molecular weight is 212 g/mol. The zero-order valence-electron chi connectivity index (χ0n) is 10.3. The summed E-state index contributed by atoms with van der Waals surface area (Å²) in [6.07, 6.45) is 4.18. The van der Waals surface area contributed by atoms with Gasteiger partial charge in [0.25, 0.3) is 0 Å². The van der Waals surface area contributed by atoms with Crippen molar-refractivity contribution in [2.75, 3.05) is 19.6 Å². The minimum absolute atomic E-state index is 0.0815. The van der Waals surface area contributed by atoms with Crippen LogP contribution < -0.4 is 5.32 Å². The van der Waals surface area contributed by atoms with Crippen molar-refractivity contribution in [2.45, 2.75) is 57.9 Å². The van der Waals surface area contributed by atoms with Crippen molar-refractivity contribution in [3.8, 4) is 0 Å². The molecule has 0 aliphatic carbocycles. The molecular formula is C12H24N2O. The van der Waals surface area contributed by atoms with Crippen LogP contribution in [0.1, 0.15) is 40.0 Å². The lowest BCUT2D eigenvalue weighted by molar-refractivity contribution is -0.0482. The number of hydrogen-bond donors (Lipinski definition) is 1. The molecule has 0 aromatic carbocycles. The van der Waals surface area contributed by atoms with E-state index in [1.807, 2.05) is 0 Å². The Labute approximate surface area is 93.2 Å². The molecule has 0 amide bonds. The fraction of sp³-hybridized carbons (Fsp3) is 1.00. The second-order valence-electron chi connectivity index (χ2n) is 5.17. The Hall–Kier alpha value is -0.120. The first kappa shape index (κ1) is 11.4. The first-order valence-electron chi connectivity index (χ1n) is 6.30. The maximum atomic E-state index is 5.97. The molecule has 88 valence electrons. The van der Waals surface area contributed by atoms with Gasteiger partial charge in [-0.05, 0) is 39.8 Å². The van der Waals surface area contributed by atoms with Crippen LogP contribution in [0.3, 0.4) is 0 Å². The summed E-state index contributed by atoms with van der Waals surface area (Å²) in [7, 11) is 0. The van der Waals surface area contributed by atoms with Gasteiger partial charge in [0.1, 0.15) is 5.72 Å². The Bertz CT molecular complexity index is 222. The third kappa shape index (κ3) is 2.52. The summed E-state index contributed by atoms with van der Waals surface area (Å²) < 4.78 is 5.97. The molecule has 3 heteroatoms. The maximum Gasteiger partial charge on any atom is 0.118 e. The van der Waals surface area contributed by atoms with Gasteiger partial charge in [-0.2, -0.15) is 0 Å². The van der Waals surface area contributed by atoms with Crippen LogP contribution in [0.2, 0.25) is 0 Å². The summed E-state index contributed by atoms with van der Waals surface area (Å²) in [6, 6.07) is 0.720. The van der Waals surface area contributed by atoms with Crippen LogP contribution in [-0.2, 0) is 4.74 Å². The van der Waals surface area contributed by atoms with Crippen LogP contribution in [0.25, 0.3) is 0 Å². The maximum absolute atomic E-state index is 5.97. The molecule has 2 heterocycles. The summed E-state index contributed by atoms with van der Waals surface area (Å²) in [6.45, 7) is 10.0. The van der Waals surface area contributed by atoms with Gasteiger partial charge in [-0.3, -0.25) is 5.32 Å². The van der Waals surface area contributed by atoms with Gasteiger partial charge < -0.3 is 9.64 Å². The molecule has 3 nitrogen and oxygen atoms in total. The first-order valence-corrected chi connectivity index (χ1v) is 6.30. The van der Waals surface area contributed by atoms with Gasteiger partial charge in [-0.15, -0.1) is 0 Å². The molecule has 0 aromatic rings. The van der Waals surface area contributed by atoms with E-state index in [-0.39, 0.29) is 5.72 Å². The van der Waals surface area contributed by atoms with E-state index in [9.17, 15) is 0 Å². The highest BCUT2D eigenvalue weighted by Crippen LogP contribution is 2.28. The van der Waals surface area contributed by atoms with Gasteiger partial charge >= 0.3 is 0 Å². The monoisotopic (exact) mass is 212 g/mol. The molecule has 0 radical (unpaired) electrons. The zero-order chi connectivity index (χ0) is 10.9. The number of hydrogen-bond acceptors (Lipinski definition) is 3. The van der Waals surface area contributed by atoms with Crippen LogP contribution in [0, 0.1) is 0 Å². The highest BCUT2D eigenvalue weighted by Gasteiger charge is 2.38. The van der Waals surface area contributed by atoms with E-state index in [1.54, 1.807) is 0 Å². The summed E-state index contributed by atoms with van der Waals surface area (Å²) in [5, 5.41) is 3.51. The standard InChI is InChI=1S/C12H24N2O/c1-4-14-7-5-6-11(14)8-12(3)13-9-10(2)15-12/h10-11,13H,4-9H2,1-3H3. The van der Waals surface area contributed by atoms with E-state index in [0.717, 1.165) is 19.0 Å². The van der Waals surface area contributed by atoms with E-state index in [0.29, 0.717) is 6.10 Å². The normalized spacial score (nSPS) is 42.6. The zero-order valence-corrected chi connectivity index (χ0v) is 10.3. The molecule has 0 aromatic heterocycles. The molecular weight excluding hydrogens is 188 g/mol. The first-order chi connectivity index (χ1) is 7.13. The Morgan fingerprint density at radius 2 is 2.33 bits per heavy atom. The Morgan fingerprint density at radius 3 is 2.93 bits per heavy atom. The van der Waals surface area contributed by atoms with E-state index >= 15 is 0 Å². The minimum Gasteiger partial charge on any atom is -0.357 e. The Balaban J connectivity index is 1.90. The van der Waals surface area contributed by atoms with Crippen molar-refractivity contribution in [2.24, 2.45) is 0 Å². The molecule has 0 spiro atoms. The molecule has 0 bridgehead atoms. The van der Waals surface area contributed by atoms with Gasteiger partial charge in [0.15, 0.2) is 0 Å². The molecule has 1 N–H and O–H groups in total. The van der Waals surface area contributed by atoms with Crippen LogP contribution >= 0.6 is 0 Å². The van der Waals surface area contributed by atoms with Gasteiger partial charge in [0.05, 0.1) is 6.10 Å². The molecule has 2 rings (SSSR count). The molecule has 3 atom stereocenters. The van der Waals surface area contributed by atoms with Crippen LogP contribution in [-0.4, -0.2) is 42.4 Å². The fourth-order valence-corrected chi connectivity index (χ4v) is 3.00. The summed E-state index contributed by atoms with van der Waals surface area (Å²) in [5.74, 6) is 0. The topological polar surface area (TPSA) is 24.5 Å². The van der Waals surface area contributed by atoms with Crippen LogP contribution in [0.4, 0.5) is 0 Å². The number of rotatable bonds is 3. The van der Waals surface area contributed by atoms with E-state index in [1.165, 1.54) is 25.9 Å². The van der Waals surface area contributed by atoms with E-state index < -0.39 is 0 Å². The second kappa shape index (κ2) is 4.40. The van der Waals surface area contributed by atoms with Crippen LogP contribution in [0.15, 0.2) is 0 Å². The average Bonchev–Trinajstić information content (AvgIpc) is 2.74. The highest BCUT2D eigenvalue weighted by molar-refractivity contribution is 4.89. The summed E-state index contributed by atoms with van der Waals surface area (Å²) >= 11 is 0. The van der Waals surface area contributed by atoms with E-state index in [4.69, 9.17) is 4.74 Å². The third-order valence-corrected chi connectivity index (χ3v) is 3.76. The van der Waals surface area contributed by atoms with E-state index in [2.05, 4.69) is 31.0 Å². The SMILES string of the molecule is CCN1CCCC1CC1(C)NCC(C)O1. The van der Waals surface area contributed by atoms with Crippen LogP contribution in [0.5, 0.6) is 0 Å². The molecule has 2 saturated heterocycles. The number of likely N-dealkylation sites (tertiary alicyclic amines) is 1. The number of nitrogens with one attached hydrogen (secondary N) is 1. The van der Waals surface area contributed by atoms with Crippen molar-refractivity contribution in [1.82, 2.24) is 10.2 Å². The molecule has 0 saturated carbocycles. The lowest BCUT2D eigenvalue weighted by Crippen LogP contribution is -2.44. The predicted octanol–water partition coefficient (Wildman–Crippen LogP) is 1.59. The second-order valence-corrected chi connectivity index (χ2v) is 5.17. The summed E-state index contributed by atoms with van der Waals surface area (Å²) in [5.41, 5.74) is -0.0815. The van der Waals surface area contributed by atoms with Gasteiger partial charge in [-0.1, -0.05) is 6.92 Å². The van der Waals surface area contributed by atoms with Crippen molar-refractivity contribution in [3.63, 3.8) is 0 Å². The molecule has 2 fully saturated rings. The van der Waals surface area contributed by atoms with Crippen molar-refractivity contribution in [3.05, 3.63) is 0 Å². The molecule has 15 heavy (non-hydrogen) atoms. The Morgan fingerprint density at radius 1 is 1.53 bits per heavy atom. The number of nitrogens with zero attached hydrogens (tertiary/aromatic N) is 1. The fourth-order valence-electron chi connectivity index (χ4n) is 3.00. The predicted molar refractivity (Wildman–Crippen MR) is 61.8 cm³/mol.